The van der Waals surface area contributed by atoms with Gasteiger partial charge < -0.3 is 5.73 Å². The van der Waals surface area contributed by atoms with Gasteiger partial charge in [-0.2, -0.15) is 13.2 Å². The summed E-state index contributed by atoms with van der Waals surface area (Å²) in [7, 11) is -5.24. The molecule has 1 aliphatic rings. The molecule has 0 unspecified atom stereocenters. The maximum absolute atomic E-state index is 12.2. The van der Waals surface area contributed by atoms with Gasteiger partial charge in [-0.15, -0.1) is 0 Å². The van der Waals surface area contributed by atoms with E-state index in [1.54, 1.807) is 4.72 Å². The zero-order valence-corrected chi connectivity index (χ0v) is 12.0. The van der Waals surface area contributed by atoms with Crippen LogP contribution in [0.4, 0.5) is 13.2 Å². The standard InChI is InChI=1S/C11H21F3N2O2S/c1-9(2)3-4-10(7-9,8-15)5-6-16-19(17,18)11(12,13)14/h16H,3-8,15H2,1-2H3/t10-/m1/s1. The van der Waals surface area contributed by atoms with E-state index in [0.29, 0.717) is 13.0 Å². The minimum Gasteiger partial charge on any atom is -0.330 e. The molecular formula is C11H21F3N2O2S. The van der Waals surface area contributed by atoms with Gasteiger partial charge in [-0.3, -0.25) is 0 Å². The number of nitrogens with one attached hydrogen (secondary N) is 1. The molecular weight excluding hydrogens is 281 g/mol. The van der Waals surface area contributed by atoms with Crippen LogP contribution in [0.5, 0.6) is 0 Å². The maximum Gasteiger partial charge on any atom is 0.511 e. The van der Waals surface area contributed by atoms with Gasteiger partial charge >= 0.3 is 15.5 Å². The first-order chi connectivity index (χ1) is 8.43. The number of nitrogens with two attached hydrogens (primary N) is 1. The van der Waals surface area contributed by atoms with Gasteiger partial charge in [0.2, 0.25) is 0 Å². The highest BCUT2D eigenvalue weighted by molar-refractivity contribution is 7.90. The summed E-state index contributed by atoms with van der Waals surface area (Å²) in [6.07, 6.45) is 2.92. The molecule has 0 aromatic heterocycles. The molecule has 0 bridgehead atoms. The van der Waals surface area contributed by atoms with E-state index in [2.05, 4.69) is 13.8 Å². The summed E-state index contributed by atoms with van der Waals surface area (Å²) in [6, 6.07) is 0. The molecule has 0 saturated heterocycles. The van der Waals surface area contributed by atoms with Crippen LogP contribution in [0.2, 0.25) is 0 Å². The first-order valence-electron chi connectivity index (χ1n) is 6.19. The van der Waals surface area contributed by atoms with Crippen molar-refractivity contribution >= 4 is 10.0 Å². The number of hydrogen-bond donors (Lipinski definition) is 2. The summed E-state index contributed by atoms with van der Waals surface area (Å²) in [5, 5.41) is 0. The van der Waals surface area contributed by atoms with Crippen LogP contribution < -0.4 is 10.5 Å². The summed E-state index contributed by atoms with van der Waals surface area (Å²) in [6.45, 7) is 4.31. The lowest BCUT2D eigenvalue weighted by Gasteiger charge is -2.29. The summed E-state index contributed by atoms with van der Waals surface area (Å²) in [4.78, 5) is 0. The normalized spacial score (nSPS) is 27.7. The van der Waals surface area contributed by atoms with Crippen LogP contribution in [-0.4, -0.2) is 27.0 Å². The average Bonchev–Trinajstić information content (AvgIpc) is 2.53. The second kappa shape index (κ2) is 5.21. The molecule has 4 nitrogen and oxygen atoms in total. The monoisotopic (exact) mass is 302 g/mol. The van der Waals surface area contributed by atoms with Crippen molar-refractivity contribution in [1.29, 1.82) is 0 Å². The molecule has 0 aromatic rings. The molecule has 1 aliphatic carbocycles. The lowest BCUT2D eigenvalue weighted by atomic mass is 9.79. The second-order valence-electron chi connectivity index (χ2n) is 6.14. The molecule has 1 fully saturated rings. The minimum atomic E-state index is -5.25. The van der Waals surface area contributed by atoms with E-state index in [4.69, 9.17) is 5.73 Å². The first kappa shape index (κ1) is 16.7. The SMILES string of the molecule is CC1(C)CC[C@@](CN)(CCNS(=O)(=O)C(F)(F)F)C1. The van der Waals surface area contributed by atoms with Gasteiger partial charge in [0, 0.05) is 6.54 Å². The Morgan fingerprint density at radius 1 is 1.26 bits per heavy atom. The Kier molecular flexibility index (Phi) is 4.59. The summed E-state index contributed by atoms with van der Waals surface area (Å²) in [5.41, 5.74) is 0.335. The fraction of sp³-hybridized carbons (Fsp3) is 1.00. The number of hydrogen-bond acceptors (Lipinski definition) is 3. The van der Waals surface area contributed by atoms with E-state index in [1.807, 2.05) is 0 Å². The molecule has 3 N–H and O–H groups in total. The Hall–Kier alpha value is -0.340. The van der Waals surface area contributed by atoms with Crippen LogP contribution in [0.3, 0.4) is 0 Å². The molecule has 0 aliphatic heterocycles. The van der Waals surface area contributed by atoms with Crippen LogP contribution in [0.15, 0.2) is 0 Å². The minimum absolute atomic E-state index is 0.113. The topological polar surface area (TPSA) is 72.2 Å². The Morgan fingerprint density at radius 2 is 1.84 bits per heavy atom. The highest BCUT2D eigenvalue weighted by atomic mass is 32.2. The zero-order chi connectivity index (χ0) is 14.9. The van der Waals surface area contributed by atoms with E-state index < -0.39 is 15.5 Å². The largest absolute Gasteiger partial charge is 0.511 e. The van der Waals surface area contributed by atoms with Gasteiger partial charge in [-0.1, -0.05) is 13.8 Å². The number of halogens is 3. The Labute approximate surface area is 112 Å². The molecule has 0 spiro atoms. The van der Waals surface area contributed by atoms with Crippen LogP contribution in [0, 0.1) is 10.8 Å². The summed E-state index contributed by atoms with van der Waals surface area (Å²) < 4.78 is 59.8. The van der Waals surface area contributed by atoms with Crippen molar-refractivity contribution in [1.82, 2.24) is 4.72 Å². The smallest absolute Gasteiger partial charge is 0.330 e. The van der Waals surface area contributed by atoms with Gasteiger partial charge in [0.05, 0.1) is 0 Å². The average molecular weight is 302 g/mol. The predicted octanol–water partition coefficient (Wildman–Crippen LogP) is 1.97. The van der Waals surface area contributed by atoms with E-state index in [1.165, 1.54) is 0 Å². The van der Waals surface area contributed by atoms with Gasteiger partial charge in [-0.25, -0.2) is 13.1 Å². The second-order valence-corrected chi connectivity index (χ2v) is 7.90. The van der Waals surface area contributed by atoms with Crippen molar-refractivity contribution in [3.8, 4) is 0 Å². The molecule has 0 heterocycles. The molecule has 0 amide bonds. The predicted molar refractivity (Wildman–Crippen MR) is 66.7 cm³/mol. The fourth-order valence-corrected chi connectivity index (χ4v) is 3.35. The first-order valence-corrected chi connectivity index (χ1v) is 7.67. The Morgan fingerprint density at radius 3 is 2.21 bits per heavy atom. The van der Waals surface area contributed by atoms with Gasteiger partial charge in [-0.05, 0) is 43.1 Å². The molecule has 1 rings (SSSR count). The van der Waals surface area contributed by atoms with E-state index in [9.17, 15) is 21.6 Å². The van der Waals surface area contributed by atoms with Crippen LogP contribution in [0.25, 0.3) is 0 Å². The van der Waals surface area contributed by atoms with Gasteiger partial charge in [0.25, 0.3) is 0 Å². The maximum atomic E-state index is 12.2. The summed E-state index contributed by atoms with van der Waals surface area (Å²) in [5.74, 6) is 0. The lowest BCUT2D eigenvalue weighted by molar-refractivity contribution is -0.0448. The molecule has 114 valence electrons. The third kappa shape index (κ3) is 4.06. The van der Waals surface area contributed by atoms with Crippen LogP contribution in [0.1, 0.15) is 39.5 Å². The third-order valence-electron chi connectivity index (χ3n) is 3.87. The number of sulfonamides is 1. The van der Waals surface area contributed by atoms with Crippen LogP contribution in [-0.2, 0) is 10.0 Å². The van der Waals surface area contributed by atoms with Crippen molar-refractivity contribution in [2.24, 2.45) is 16.6 Å². The Bertz CT molecular complexity index is 420. The van der Waals surface area contributed by atoms with Crippen molar-refractivity contribution in [3.05, 3.63) is 0 Å². The van der Waals surface area contributed by atoms with Gasteiger partial charge in [0.1, 0.15) is 0 Å². The zero-order valence-electron chi connectivity index (χ0n) is 11.2. The number of alkyl halides is 3. The third-order valence-corrected chi connectivity index (χ3v) is 5.06. The quantitative estimate of drug-likeness (QED) is 0.815. The molecule has 0 radical (unpaired) electrons. The number of rotatable bonds is 5. The fourth-order valence-electron chi connectivity index (χ4n) is 2.82. The van der Waals surface area contributed by atoms with E-state index in [-0.39, 0.29) is 17.4 Å². The van der Waals surface area contributed by atoms with Crippen LogP contribution >= 0.6 is 0 Å². The highest BCUT2D eigenvalue weighted by Crippen LogP contribution is 2.50. The molecule has 1 saturated carbocycles. The van der Waals surface area contributed by atoms with E-state index >= 15 is 0 Å². The summed E-state index contributed by atoms with van der Waals surface area (Å²) >= 11 is 0. The van der Waals surface area contributed by atoms with Gasteiger partial charge in [0.15, 0.2) is 0 Å². The molecule has 8 heteroatoms. The molecule has 1 atom stereocenters. The van der Waals surface area contributed by atoms with E-state index in [0.717, 1.165) is 19.3 Å². The molecule has 19 heavy (non-hydrogen) atoms. The van der Waals surface area contributed by atoms with Crippen molar-refractivity contribution in [3.63, 3.8) is 0 Å². The lowest BCUT2D eigenvalue weighted by Crippen LogP contribution is -2.39. The van der Waals surface area contributed by atoms with Crippen molar-refractivity contribution in [2.45, 2.75) is 45.0 Å². The van der Waals surface area contributed by atoms with Crippen molar-refractivity contribution in [2.75, 3.05) is 13.1 Å². The van der Waals surface area contributed by atoms with Crippen molar-refractivity contribution < 1.29 is 21.6 Å². The molecule has 0 aromatic carbocycles. The highest BCUT2D eigenvalue weighted by Gasteiger charge is 2.46. The Balaban J connectivity index is 2.58.